The Hall–Kier alpha value is -2.76. The summed E-state index contributed by atoms with van der Waals surface area (Å²) in [5.74, 6) is -3.14. The van der Waals surface area contributed by atoms with E-state index < -0.39 is 29.5 Å². The van der Waals surface area contributed by atoms with Crippen molar-refractivity contribution in [1.82, 2.24) is 5.32 Å². The van der Waals surface area contributed by atoms with Crippen LogP contribution in [0.5, 0.6) is 0 Å². The molecule has 25 heavy (non-hydrogen) atoms. The molecule has 2 amide bonds. The Morgan fingerprint density at radius 1 is 1.00 bits per heavy atom. The quantitative estimate of drug-likeness (QED) is 0.843. The molecule has 0 bridgehead atoms. The standard InChI is InChI=1S/C19H20F2N2O2/c1-11-3-4-13(7-12(11)2)9-17(19(22)25)23-18(24)10-14-5-6-15(20)16(21)8-14/h3-8,17H,9-10H2,1-2H3,(H2,22,25)(H,23,24)/t17-/m0/s1. The van der Waals surface area contributed by atoms with Crippen molar-refractivity contribution in [3.63, 3.8) is 0 Å². The van der Waals surface area contributed by atoms with Crippen LogP contribution in [0, 0.1) is 25.5 Å². The molecule has 0 unspecified atom stereocenters. The minimum absolute atomic E-state index is 0.173. The third kappa shape index (κ3) is 5.11. The molecule has 0 aliphatic heterocycles. The highest BCUT2D eigenvalue weighted by Crippen LogP contribution is 2.12. The van der Waals surface area contributed by atoms with Gasteiger partial charge in [-0.05, 0) is 48.2 Å². The summed E-state index contributed by atoms with van der Waals surface area (Å²) < 4.78 is 26.1. The summed E-state index contributed by atoms with van der Waals surface area (Å²) in [5, 5.41) is 2.55. The van der Waals surface area contributed by atoms with E-state index in [2.05, 4.69) is 5.32 Å². The SMILES string of the molecule is Cc1ccc(C[C@H](NC(=O)Cc2ccc(F)c(F)c2)C(N)=O)cc1C. The molecule has 0 spiro atoms. The monoisotopic (exact) mass is 346 g/mol. The molecule has 0 aliphatic rings. The van der Waals surface area contributed by atoms with E-state index in [9.17, 15) is 18.4 Å². The van der Waals surface area contributed by atoms with Gasteiger partial charge in [-0.2, -0.15) is 0 Å². The van der Waals surface area contributed by atoms with Crippen LogP contribution in [0.25, 0.3) is 0 Å². The molecule has 0 aliphatic carbocycles. The number of rotatable bonds is 6. The van der Waals surface area contributed by atoms with Crippen LogP contribution < -0.4 is 11.1 Å². The van der Waals surface area contributed by atoms with E-state index in [0.29, 0.717) is 5.56 Å². The van der Waals surface area contributed by atoms with Gasteiger partial charge in [0.1, 0.15) is 6.04 Å². The maximum atomic E-state index is 13.2. The van der Waals surface area contributed by atoms with Gasteiger partial charge >= 0.3 is 0 Å². The maximum absolute atomic E-state index is 13.2. The highest BCUT2D eigenvalue weighted by atomic mass is 19.2. The second kappa shape index (κ2) is 7.88. The van der Waals surface area contributed by atoms with Crippen molar-refractivity contribution < 1.29 is 18.4 Å². The van der Waals surface area contributed by atoms with Crippen LogP contribution in [0.3, 0.4) is 0 Å². The maximum Gasteiger partial charge on any atom is 0.240 e. The lowest BCUT2D eigenvalue weighted by Gasteiger charge is -2.16. The summed E-state index contributed by atoms with van der Waals surface area (Å²) in [6.07, 6.45) is 0.0911. The molecule has 0 heterocycles. The van der Waals surface area contributed by atoms with Crippen molar-refractivity contribution in [3.8, 4) is 0 Å². The van der Waals surface area contributed by atoms with Gasteiger partial charge in [-0.1, -0.05) is 24.3 Å². The molecular weight excluding hydrogens is 326 g/mol. The fourth-order valence-electron chi connectivity index (χ4n) is 2.47. The van der Waals surface area contributed by atoms with Crippen LogP contribution >= 0.6 is 0 Å². The average molecular weight is 346 g/mol. The number of primary amides is 1. The number of nitrogens with one attached hydrogen (secondary N) is 1. The van der Waals surface area contributed by atoms with Gasteiger partial charge in [0, 0.05) is 6.42 Å². The lowest BCUT2D eigenvalue weighted by molar-refractivity contribution is -0.127. The van der Waals surface area contributed by atoms with Gasteiger partial charge in [0.05, 0.1) is 6.42 Å². The summed E-state index contributed by atoms with van der Waals surface area (Å²) >= 11 is 0. The van der Waals surface area contributed by atoms with Crippen LogP contribution in [0.15, 0.2) is 36.4 Å². The first-order valence-corrected chi connectivity index (χ1v) is 7.85. The van der Waals surface area contributed by atoms with Crippen LogP contribution in [0.4, 0.5) is 8.78 Å². The second-order valence-corrected chi connectivity index (χ2v) is 6.07. The van der Waals surface area contributed by atoms with Crippen LogP contribution in [-0.4, -0.2) is 17.9 Å². The summed E-state index contributed by atoms with van der Waals surface area (Å²) in [5.41, 5.74) is 8.77. The smallest absolute Gasteiger partial charge is 0.240 e. The zero-order valence-electron chi connectivity index (χ0n) is 14.1. The van der Waals surface area contributed by atoms with Crippen molar-refractivity contribution in [2.45, 2.75) is 32.7 Å². The Kier molecular flexibility index (Phi) is 5.85. The van der Waals surface area contributed by atoms with Crippen LogP contribution in [0.1, 0.15) is 22.3 Å². The summed E-state index contributed by atoms with van der Waals surface area (Å²) in [4.78, 5) is 23.7. The highest BCUT2D eigenvalue weighted by Gasteiger charge is 2.19. The van der Waals surface area contributed by atoms with Crippen molar-refractivity contribution in [3.05, 3.63) is 70.3 Å². The number of benzene rings is 2. The van der Waals surface area contributed by atoms with Gasteiger partial charge in [0.2, 0.25) is 11.8 Å². The van der Waals surface area contributed by atoms with Crippen LogP contribution in [-0.2, 0) is 22.4 Å². The molecule has 0 saturated carbocycles. The third-order valence-corrected chi connectivity index (χ3v) is 4.04. The predicted molar refractivity (Wildman–Crippen MR) is 90.8 cm³/mol. The van der Waals surface area contributed by atoms with E-state index in [0.717, 1.165) is 28.8 Å². The van der Waals surface area contributed by atoms with E-state index in [-0.39, 0.29) is 12.8 Å². The largest absolute Gasteiger partial charge is 0.368 e. The molecule has 2 aromatic rings. The molecular formula is C19H20F2N2O2. The summed E-state index contributed by atoms with van der Waals surface area (Å²) in [7, 11) is 0. The first-order valence-electron chi connectivity index (χ1n) is 7.85. The second-order valence-electron chi connectivity index (χ2n) is 6.07. The first-order chi connectivity index (χ1) is 11.8. The molecule has 0 aromatic heterocycles. The number of nitrogens with two attached hydrogens (primary N) is 1. The Balaban J connectivity index is 2.04. The van der Waals surface area contributed by atoms with E-state index in [1.165, 1.54) is 6.07 Å². The molecule has 3 N–H and O–H groups in total. The molecule has 2 aromatic carbocycles. The number of amides is 2. The van der Waals surface area contributed by atoms with E-state index in [1.54, 1.807) is 0 Å². The minimum atomic E-state index is -1.02. The van der Waals surface area contributed by atoms with Crippen molar-refractivity contribution in [1.29, 1.82) is 0 Å². The van der Waals surface area contributed by atoms with Crippen molar-refractivity contribution >= 4 is 11.8 Å². The Morgan fingerprint density at radius 2 is 1.68 bits per heavy atom. The lowest BCUT2D eigenvalue weighted by atomic mass is 10.0. The van der Waals surface area contributed by atoms with Crippen molar-refractivity contribution in [2.24, 2.45) is 5.73 Å². The van der Waals surface area contributed by atoms with E-state index in [1.807, 2.05) is 32.0 Å². The Labute approximate surface area is 145 Å². The minimum Gasteiger partial charge on any atom is -0.368 e. The van der Waals surface area contributed by atoms with Crippen molar-refractivity contribution in [2.75, 3.05) is 0 Å². The zero-order chi connectivity index (χ0) is 18.6. The topological polar surface area (TPSA) is 72.2 Å². The molecule has 132 valence electrons. The van der Waals surface area contributed by atoms with Gasteiger partial charge in [0.25, 0.3) is 0 Å². The zero-order valence-corrected chi connectivity index (χ0v) is 14.1. The van der Waals surface area contributed by atoms with Gasteiger partial charge in [-0.25, -0.2) is 8.78 Å². The number of hydrogen-bond acceptors (Lipinski definition) is 2. The molecule has 0 radical (unpaired) electrons. The Morgan fingerprint density at radius 3 is 2.28 bits per heavy atom. The molecule has 4 nitrogen and oxygen atoms in total. The van der Waals surface area contributed by atoms with Gasteiger partial charge < -0.3 is 11.1 Å². The number of aryl methyl sites for hydroxylation is 2. The summed E-state index contributed by atoms with van der Waals surface area (Å²) in [6.45, 7) is 3.94. The predicted octanol–water partition coefficient (Wildman–Crippen LogP) is 2.34. The average Bonchev–Trinajstić information content (AvgIpc) is 2.53. The summed E-state index contributed by atoms with van der Waals surface area (Å²) in [6, 6.07) is 8.11. The number of hydrogen-bond donors (Lipinski definition) is 2. The van der Waals surface area contributed by atoms with Crippen LogP contribution in [0.2, 0.25) is 0 Å². The van der Waals surface area contributed by atoms with Gasteiger partial charge in [0.15, 0.2) is 11.6 Å². The number of carbonyl (C=O) groups is 2. The normalized spacial score (nSPS) is 11.8. The Bertz CT molecular complexity index is 806. The van der Waals surface area contributed by atoms with Gasteiger partial charge in [-0.3, -0.25) is 9.59 Å². The molecule has 6 heteroatoms. The van der Waals surface area contributed by atoms with E-state index in [4.69, 9.17) is 5.73 Å². The molecule has 0 fully saturated rings. The molecule has 2 rings (SSSR count). The molecule has 1 atom stereocenters. The number of halogens is 2. The van der Waals surface area contributed by atoms with E-state index >= 15 is 0 Å². The van der Waals surface area contributed by atoms with Gasteiger partial charge in [-0.15, -0.1) is 0 Å². The lowest BCUT2D eigenvalue weighted by Crippen LogP contribution is -2.46. The highest BCUT2D eigenvalue weighted by molar-refractivity contribution is 5.87. The fourth-order valence-corrected chi connectivity index (χ4v) is 2.47. The third-order valence-electron chi connectivity index (χ3n) is 4.04. The first kappa shape index (κ1) is 18.6. The number of carbonyl (C=O) groups excluding carboxylic acids is 2. The fraction of sp³-hybridized carbons (Fsp3) is 0.263. The molecule has 0 saturated heterocycles.